The zero-order valence-electron chi connectivity index (χ0n) is 14.5. The minimum Gasteiger partial charge on any atom is -0.300 e. The highest BCUT2D eigenvalue weighted by Gasteiger charge is 2.10. The van der Waals surface area contributed by atoms with Crippen molar-refractivity contribution < 1.29 is 4.79 Å². The molecule has 1 amide bonds. The number of rotatable bonds is 7. The van der Waals surface area contributed by atoms with Crippen molar-refractivity contribution in [2.24, 2.45) is 0 Å². The number of halogens is 2. The van der Waals surface area contributed by atoms with Crippen molar-refractivity contribution in [2.75, 3.05) is 5.32 Å². The van der Waals surface area contributed by atoms with Crippen molar-refractivity contribution in [3.8, 4) is 6.07 Å². The van der Waals surface area contributed by atoms with E-state index < -0.39 is 0 Å². The number of aryl methyl sites for hydroxylation is 1. The van der Waals surface area contributed by atoms with Crippen molar-refractivity contribution in [3.63, 3.8) is 0 Å². The van der Waals surface area contributed by atoms with Gasteiger partial charge in [-0.2, -0.15) is 5.26 Å². The Labute approximate surface area is 180 Å². The molecule has 0 saturated carbocycles. The molecule has 0 atom stereocenters. The largest absolute Gasteiger partial charge is 0.300 e. The highest BCUT2D eigenvalue weighted by atomic mass is 35.5. The Balaban J connectivity index is 1.48. The van der Waals surface area contributed by atoms with Crippen LogP contribution in [-0.4, -0.2) is 16.1 Å². The molecule has 0 saturated heterocycles. The Kier molecular flexibility index (Phi) is 7.29. The number of carbonyl (C=O) groups is 1. The first-order valence-corrected chi connectivity index (χ1v) is 10.8. The van der Waals surface area contributed by atoms with Gasteiger partial charge in [-0.15, -0.1) is 10.2 Å². The van der Waals surface area contributed by atoms with Crippen LogP contribution in [0.5, 0.6) is 0 Å². The van der Waals surface area contributed by atoms with Gasteiger partial charge >= 0.3 is 0 Å². The molecular weight excluding hydrogens is 435 g/mol. The highest BCUT2D eigenvalue weighted by Crippen LogP contribution is 2.28. The van der Waals surface area contributed by atoms with E-state index in [9.17, 15) is 4.79 Å². The lowest BCUT2D eigenvalue weighted by atomic mass is 10.1. The molecule has 142 valence electrons. The third kappa shape index (κ3) is 5.94. The van der Waals surface area contributed by atoms with Crippen LogP contribution in [0.3, 0.4) is 0 Å². The number of hydrogen-bond acceptors (Lipinski definition) is 6. The number of nitrogens with zero attached hydrogens (tertiary/aromatic N) is 3. The molecule has 0 aliphatic rings. The summed E-state index contributed by atoms with van der Waals surface area (Å²) in [6.07, 6.45) is 0.801. The summed E-state index contributed by atoms with van der Waals surface area (Å²) in [4.78, 5) is 12.1. The van der Waals surface area contributed by atoms with Crippen molar-refractivity contribution in [1.82, 2.24) is 10.2 Å². The topological polar surface area (TPSA) is 78.7 Å². The fraction of sp³-hybridized carbons (Fsp3) is 0.158. The maximum Gasteiger partial charge on any atom is 0.226 e. The molecule has 0 radical (unpaired) electrons. The highest BCUT2D eigenvalue weighted by molar-refractivity contribution is 8.00. The average molecular weight is 449 g/mol. The minimum absolute atomic E-state index is 0.147. The van der Waals surface area contributed by atoms with E-state index in [1.165, 1.54) is 23.1 Å². The third-order valence-corrected chi connectivity index (χ3v) is 6.36. The number of aromatic nitrogens is 2. The summed E-state index contributed by atoms with van der Waals surface area (Å²) in [7, 11) is 0. The van der Waals surface area contributed by atoms with Gasteiger partial charge in [-0.3, -0.25) is 4.79 Å². The second-order valence-corrected chi connectivity index (χ2v) is 8.80. The summed E-state index contributed by atoms with van der Waals surface area (Å²) < 4.78 is 0.764. The first-order valence-electron chi connectivity index (χ1n) is 8.22. The molecule has 0 unspecified atom stereocenters. The summed E-state index contributed by atoms with van der Waals surface area (Å²) in [6.45, 7) is 0. The molecule has 0 bridgehead atoms. The Morgan fingerprint density at radius 2 is 1.96 bits per heavy atom. The van der Waals surface area contributed by atoms with Gasteiger partial charge in [-0.1, -0.05) is 64.5 Å². The van der Waals surface area contributed by atoms with Crippen molar-refractivity contribution in [3.05, 3.63) is 69.2 Å². The van der Waals surface area contributed by atoms with E-state index in [2.05, 4.69) is 21.6 Å². The van der Waals surface area contributed by atoms with E-state index in [1.54, 1.807) is 24.3 Å². The summed E-state index contributed by atoms with van der Waals surface area (Å²) in [6, 6.07) is 14.7. The van der Waals surface area contributed by atoms with Crippen LogP contribution in [0.1, 0.15) is 23.1 Å². The van der Waals surface area contributed by atoms with E-state index in [0.717, 1.165) is 15.5 Å². The van der Waals surface area contributed by atoms with Crippen LogP contribution in [-0.2, 0) is 17.0 Å². The Morgan fingerprint density at radius 1 is 1.18 bits per heavy atom. The molecule has 28 heavy (non-hydrogen) atoms. The Morgan fingerprint density at radius 3 is 2.68 bits per heavy atom. The molecule has 0 aliphatic carbocycles. The van der Waals surface area contributed by atoms with E-state index in [1.807, 2.05) is 18.2 Å². The number of nitriles is 1. The van der Waals surface area contributed by atoms with E-state index in [4.69, 9.17) is 28.5 Å². The number of thioether (sulfide) groups is 1. The van der Waals surface area contributed by atoms with Gasteiger partial charge in [0.25, 0.3) is 0 Å². The number of amides is 1. The van der Waals surface area contributed by atoms with Gasteiger partial charge in [-0.25, -0.2) is 0 Å². The van der Waals surface area contributed by atoms with Gasteiger partial charge in [0.05, 0.1) is 11.6 Å². The standard InChI is InChI=1S/C19H14Cl2N4OS2/c20-15-7-5-14(16(21)9-15)6-8-17(26)23-18-24-25-19(28-18)27-11-13-3-1-12(10-22)2-4-13/h1-5,7,9H,6,8,11H2,(H,23,24,26). The van der Waals surface area contributed by atoms with Crippen LogP contribution in [0, 0.1) is 11.3 Å². The van der Waals surface area contributed by atoms with Crippen LogP contribution in [0.15, 0.2) is 46.8 Å². The fourth-order valence-corrected chi connectivity index (χ4v) is 4.52. The van der Waals surface area contributed by atoms with Gasteiger partial charge < -0.3 is 5.32 Å². The van der Waals surface area contributed by atoms with Gasteiger partial charge in [0.15, 0.2) is 4.34 Å². The summed E-state index contributed by atoms with van der Waals surface area (Å²) >= 11 is 14.9. The number of hydrogen-bond donors (Lipinski definition) is 1. The monoisotopic (exact) mass is 448 g/mol. The van der Waals surface area contributed by atoms with Crippen LogP contribution >= 0.6 is 46.3 Å². The molecule has 1 aromatic heterocycles. The third-order valence-electron chi connectivity index (χ3n) is 3.73. The molecule has 2 aromatic carbocycles. The number of benzene rings is 2. The number of carbonyl (C=O) groups excluding carboxylic acids is 1. The van der Waals surface area contributed by atoms with Gasteiger partial charge in [0.2, 0.25) is 11.0 Å². The molecule has 9 heteroatoms. The number of anilines is 1. The summed E-state index contributed by atoms with van der Waals surface area (Å²) in [5.74, 6) is 0.564. The average Bonchev–Trinajstić information content (AvgIpc) is 3.13. The molecular formula is C19H14Cl2N4OS2. The lowest BCUT2D eigenvalue weighted by Crippen LogP contribution is -2.12. The predicted octanol–water partition coefficient (Wildman–Crippen LogP) is 5.58. The van der Waals surface area contributed by atoms with E-state index >= 15 is 0 Å². The maximum absolute atomic E-state index is 12.1. The smallest absolute Gasteiger partial charge is 0.226 e. The van der Waals surface area contributed by atoms with Gasteiger partial charge in [-0.05, 0) is 41.8 Å². The van der Waals surface area contributed by atoms with E-state index in [-0.39, 0.29) is 12.3 Å². The first-order chi connectivity index (χ1) is 13.5. The zero-order valence-corrected chi connectivity index (χ0v) is 17.6. The molecule has 0 aliphatic heterocycles. The lowest BCUT2D eigenvalue weighted by molar-refractivity contribution is -0.116. The maximum atomic E-state index is 12.1. The zero-order chi connectivity index (χ0) is 19.9. The fourth-order valence-electron chi connectivity index (χ4n) is 2.29. The molecule has 0 spiro atoms. The molecule has 3 rings (SSSR count). The second kappa shape index (κ2) is 9.89. The van der Waals surface area contributed by atoms with Gasteiger partial charge in [0, 0.05) is 22.2 Å². The van der Waals surface area contributed by atoms with Gasteiger partial charge in [0.1, 0.15) is 0 Å². The molecule has 1 heterocycles. The minimum atomic E-state index is -0.147. The normalized spacial score (nSPS) is 10.5. The van der Waals surface area contributed by atoms with Crippen LogP contribution < -0.4 is 5.32 Å². The molecule has 1 N–H and O–H groups in total. The Hall–Kier alpha value is -2.11. The quantitative estimate of drug-likeness (QED) is 0.376. The number of nitrogens with one attached hydrogen (secondary N) is 1. The predicted molar refractivity (Wildman–Crippen MR) is 114 cm³/mol. The second-order valence-electron chi connectivity index (χ2n) is 5.75. The first kappa shape index (κ1) is 20.6. The molecule has 3 aromatic rings. The van der Waals surface area contributed by atoms with Crippen LogP contribution in [0.4, 0.5) is 5.13 Å². The van der Waals surface area contributed by atoms with Crippen LogP contribution in [0.25, 0.3) is 0 Å². The molecule has 0 fully saturated rings. The van der Waals surface area contributed by atoms with Crippen molar-refractivity contribution >= 4 is 57.3 Å². The Bertz CT molecular complexity index is 1020. The van der Waals surface area contributed by atoms with Crippen LogP contribution in [0.2, 0.25) is 10.0 Å². The van der Waals surface area contributed by atoms with Crippen molar-refractivity contribution in [1.29, 1.82) is 5.26 Å². The lowest BCUT2D eigenvalue weighted by Gasteiger charge is -2.04. The molecule has 5 nitrogen and oxygen atoms in total. The summed E-state index contributed by atoms with van der Waals surface area (Å²) in [5, 5.41) is 21.3. The SMILES string of the molecule is N#Cc1ccc(CSc2nnc(NC(=O)CCc3ccc(Cl)cc3Cl)s2)cc1. The van der Waals surface area contributed by atoms with Crippen molar-refractivity contribution in [2.45, 2.75) is 22.9 Å². The summed E-state index contributed by atoms with van der Waals surface area (Å²) in [5.41, 5.74) is 2.59. The van der Waals surface area contributed by atoms with E-state index in [0.29, 0.717) is 32.9 Å².